The second-order valence-corrected chi connectivity index (χ2v) is 14.5. The van der Waals surface area contributed by atoms with Crippen LogP contribution in [0.15, 0.2) is 158 Å². The number of para-hydroxylation sites is 2. The summed E-state index contributed by atoms with van der Waals surface area (Å²) >= 11 is 1.88. The predicted molar refractivity (Wildman–Crippen MR) is 217 cm³/mol. The van der Waals surface area contributed by atoms with E-state index in [0.717, 1.165) is 46.0 Å². The number of hydrogen-bond donors (Lipinski definition) is 0. The van der Waals surface area contributed by atoms with E-state index in [2.05, 4.69) is 174 Å². The minimum Gasteiger partial charge on any atom is -0.306 e. The van der Waals surface area contributed by atoms with Crippen molar-refractivity contribution in [2.24, 2.45) is 0 Å². The van der Waals surface area contributed by atoms with E-state index in [4.69, 9.17) is 4.98 Å². The van der Waals surface area contributed by atoms with Crippen LogP contribution in [-0.4, -0.2) is 9.55 Å². The molecule has 3 heterocycles. The van der Waals surface area contributed by atoms with Crippen LogP contribution in [-0.2, 0) is 6.42 Å². The topological polar surface area (TPSA) is 21.1 Å². The van der Waals surface area contributed by atoms with Crippen LogP contribution in [0.1, 0.15) is 12.7 Å². The Morgan fingerprint density at radius 2 is 1.10 bits per heavy atom. The summed E-state index contributed by atoms with van der Waals surface area (Å²) < 4.78 is 5.03. The second kappa shape index (κ2) is 10.9. The summed E-state index contributed by atoms with van der Waals surface area (Å²) in [4.78, 5) is 7.52. The number of hydrogen-bond acceptors (Lipinski definition) is 3. The SMILES string of the molecule is CCc1nc2cccc3c2n1-c1ccc(-c2c4ccccc4c(-c4ccc5c(c4)sc4ccccc45)c4ccccc24)cc1N3c1ccccc1. The lowest BCUT2D eigenvalue weighted by molar-refractivity contribution is 0.900. The Morgan fingerprint density at radius 1 is 0.490 bits per heavy atom. The molecule has 2 aromatic heterocycles. The molecule has 0 amide bonds. The molecule has 10 aromatic rings. The Hall–Kier alpha value is -6.23. The van der Waals surface area contributed by atoms with Crippen molar-refractivity contribution >= 4 is 81.1 Å². The summed E-state index contributed by atoms with van der Waals surface area (Å²) in [5, 5.41) is 7.69. The summed E-state index contributed by atoms with van der Waals surface area (Å²) in [7, 11) is 0. The van der Waals surface area contributed by atoms with E-state index < -0.39 is 0 Å². The van der Waals surface area contributed by atoms with E-state index in [9.17, 15) is 0 Å². The largest absolute Gasteiger partial charge is 0.306 e. The molecule has 4 heteroatoms. The molecule has 51 heavy (non-hydrogen) atoms. The maximum atomic E-state index is 5.10. The summed E-state index contributed by atoms with van der Waals surface area (Å²) in [6.45, 7) is 2.19. The Balaban J connectivity index is 1.19. The van der Waals surface area contributed by atoms with Crippen molar-refractivity contribution in [3.8, 4) is 27.9 Å². The Labute approximate surface area is 299 Å². The fourth-order valence-corrected chi connectivity index (χ4v) is 9.64. The molecule has 240 valence electrons. The van der Waals surface area contributed by atoms with Gasteiger partial charge in [-0.3, -0.25) is 4.57 Å². The predicted octanol–water partition coefficient (Wildman–Crippen LogP) is 13.4. The highest BCUT2D eigenvalue weighted by Crippen LogP contribution is 2.50. The first-order valence-electron chi connectivity index (χ1n) is 17.6. The molecule has 0 aliphatic carbocycles. The van der Waals surface area contributed by atoms with Gasteiger partial charge in [0.2, 0.25) is 0 Å². The molecule has 1 aliphatic rings. The van der Waals surface area contributed by atoms with Crippen molar-refractivity contribution in [1.82, 2.24) is 9.55 Å². The molecular weight excluding hydrogens is 639 g/mol. The van der Waals surface area contributed by atoms with E-state index in [1.165, 1.54) is 64.0 Å². The third kappa shape index (κ3) is 4.08. The van der Waals surface area contributed by atoms with Gasteiger partial charge in [-0.1, -0.05) is 116 Å². The molecular formula is C47H31N3S. The van der Waals surface area contributed by atoms with Gasteiger partial charge in [0.1, 0.15) is 5.82 Å². The summed E-state index contributed by atoms with van der Waals surface area (Å²) in [5.74, 6) is 1.08. The van der Waals surface area contributed by atoms with Gasteiger partial charge >= 0.3 is 0 Å². The monoisotopic (exact) mass is 669 g/mol. The first kappa shape index (κ1) is 28.6. The minimum absolute atomic E-state index is 0.852. The second-order valence-electron chi connectivity index (χ2n) is 13.4. The smallest absolute Gasteiger partial charge is 0.114 e. The van der Waals surface area contributed by atoms with Crippen LogP contribution in [0, 0.1) is 0 Å². The van der Waals surface area contributed by atoms with Crippen molar-refractivity contribution in [2.45, 2.75) is 13.3 Å². The first-order chi connectivity index (χ1) is 25.3. The van der Waals surface area contributed by atoms with Crippen molar-refractivity contribution in [3.63, 3.8) is 0 Å². The lowest BCUT2D eigenvalue weighted by atomic mass is 9.85. The zero-order valence-corrected chi connectivity index (χ0v) is 28.8. The molecule has 11 rings (SSSR count). The van der Waals surface area contributed by atoms with Crippen molar-refractivity contribution < 1.29 is 0 Å². The van der Waals surface area contributed by atoms with E-state index in [1.54, 1.807) is 0 Å². The number of aryl methyl sites for hydroxylation is 1. The molecule has 1 aliphatic heterocycles. The summed E-state index contributed by atoms with van der Waals surface area (Å²) in [5.41, 5.74) is 11.8. The maximum Gasteiger partial charge on any atom is 0.114 e. The highest BCUT2D eigenvalue weighted by molar-refractivity contribution is 7.25. The van der Waals surface area contributed by atoms with Gasteiger partial charge in [-0.2, -0.15) is 0 Å². The standard InChI is InChI=1S/C47H31N3S/c1-2-44-48-38-20-12-21-40-47(38)50(44)39-26-24-29(27-41(39)49(40)31-13-4-3-5-14-31)45-34-16-6-8-18-36(34)46(37-19-9-7-17-35(37)45)30-23-25-33-32-15-10-11-22-42(32)51-43(33)28-30/h3-28H,2H2,1H3. The number of thiophene rings is 1. The fraction of sp³-hybridized carbons (Fsp3) is 0.0426. The minimum atomic E-state index is 0.852. The number of anilines is 3. The molecule has 0 atom stereocenters. The van der Waals surface area contributed by atoms with Crippen LogP contribution in [0.3, 0.4) is 0 Å². The van der Waals surface area contributed by atoms with Gasteiger partial charge in [0.05, 0.1) is 28.1 Å². The third-order valence-electron chi connectivity index (χ3n) is 10.6. The van der Waals surface area contributed by atoms with E-state index in [0.29, 0.717) is 0 Å². The number of benzene rings is 8. The molecule has 0 N–H and O–H groups in total. The molecule has 0 spiro atoms. The highest BCUT2D eigenvalue weighted by Gasteiger charge is 2.29. The third-order valence-corrected chi connectivity index (χ3v) is 11.8. The van der Waals surface area contributed by atoms with Gasteiger partial charge in [-0.15, -0.1) is 11.3 Å². The maximum absolute atomic E-state index is 5.10. The van der Waals surface area contributed by atoms with Gasteiger partial charge in [-0.25, -0.2) is 4.98 Å². The fourth-order valence-electron chi connectivity index (χ4n) is 8.50. The van der Waals surface area contributed by atoms with Crippen LogP contribution in [0.4, 0.5) is 17.1 Å². The Bertz CT molecular complexity index is 2970. The first-order valence-corrected chi connectivity index (χ1v) is 18.4. The molecule has 0 saturated heterocycles. The van der Waals surface area contributed by atoms with Gasteiger partial charge in [0.25, 0.3) is 0 Å². The Morgan fingerprint density at radius 3 is 1.80 bits per heavy atom. The molecule has 0 bridgehead atoms. The van der Waals surface area contributed by atoms with Crippen LogP contribution >= 0.6 is 11.3 Å². The van der Waals surface area contributed by atoms with Crippen molar-refractivity contribution in [1.29, 1.82) is 0 Å². The molecule has 0 unspecified atom stereocenters. The molecule has 8 aromatic carbocycles. The van der Waals surface area contributed by atoms with Crippen LogP contribution < -0.4 is 4.90 Å². The molecule has 3 nitrogen and oxygen atoms in total. The number of imidazole rings is 1. The normalized spacial score (nSPS) is 12.5. The number of aromatic nitrogens is 2. The quantitative estimate of drug-likeness (QED) is 0.174. The number of nitrogens with zero attached hydrogens (tertiary/aromatic N) is 3. The van der Waals surface area contributed by atoms with Gasteiger partial charge in [0, 0.05) is 32.3 Å². The van der Waals surface area contributed by atoms with E-state index in [-0.39, 0.29) is 0 Å². The van der Waals surface area contributed by atoms with Gasteiger partial charge in [-0.05, 0) is 92.3 Å². The number of rotatable bonds is 4. The van der Waals surface area contributed by atoms with Crippen LogP contribution in [0.5, 0.6) is 0 Å². The summed E-state index contributed by atoms with van der Waals surface area (Å²) in [6, 6.07) is 58.0. The lowest BCUT2D eigenvalue weighted by Gasteiger charge is -2.33. The van der Waals surface area contributed by atoms with Crippen LogP contribution in [0.2, 0.25) is 0 Å². The highest BCUT2D eigenvalue weighted by atomic mass is 32.1. The van der Waals surface area contributed by atoms with Gasteiger partial charge < -0.3 is 4.90 Å². The molecule has 0 radical (unpaired) electrons. The average molecular weight is 670 g/mol. The van der Waals surface area contributed by atoms with Gasteiger partial charge in [0.15, 0.2) is 0 Å². The van der Waals surface area contributed by atoms with Crippen molar-refractivity contribution in [2.75, 3.05) is 4.90 Å². The zero-order chi connectivity index (χ0) is 33.6. The van der Waals surface area contributed by atoms with E-state index >= 15 is 0 Å². The van der Waals surface area contributed by atoms with Crippen LogP contribution in [0.25, 0.3) is 80.7 Å². The molecule has 0 saturated carbocycles. The zero-order valence-electron chi connectivity index (χ0n) is 28.0. The summed E-state index contributed by atoms with van der Waals surface area (Å²) in [6.07, 6.45) is 0.852. The number of fused-ring (bicyclic) bond motifs is 7. The van der Waals surface area contributed by atoms with E-state index in [1.807, 2.05) is 11.3 Å². The Kier molecular flexibility index (Phi) is 6.10. The lowest BCUT2D eigenvalue weighted by Crippen LogP contribution is -2.19. The van der Waals surface area contributed by atoms with Crippen molar-refractivity contribution in [3.05, 3.63) is 164 Å². The molecule has 0 fully saturated rings. The average Bonchev–Trinajstić information content (AvgIpc) is 3.76.